The molecule has 0 saturated heterocycles. The molecule has 0 aliphatic carbocycles. The largest absolute Gasteiger partial charge is 0.389 e. The Morgan fingerprint density at radius 3 is 2.50 bits per heavy atom. The molecule has 3 nitrogen and oxygen atoms in total. The minimum atomic E-state index is 0.383. The Kier molecular flexibility index (Phi) is 6.40. The molecule has 0 atom stereocenters. The highest BCUT2D eigenvalue weighted by Crippen LogP contribution is 2.25. The monoisotopic (exact) mass is 293 g/mol. The van der Waals surface area contributed by atoms with E-state index in [1.165, 1.54) is 19.3 Å². The number of unbranched alkanes of at least 4 members (excludes halogenated alkanes) is 2. The number of hydrogen-bond acceptors (Lipinski definition) is 3. The summed E-state index contributed by atoms with van der Waals surface area (Å²) in [5, 5.41) is 0. The molecule has 1 aromatic heterocycles. The highest BCUT2D eigenvalue weighted by molar-refractivity contribution is 7.80. The third-order valence-electron chi connectivity index (χ3n) is 3.47. The zero-order chi connectivity index (χ0) is 15.3. The van der Waals surface area contributed by atoms with Crippen molar-refractivity contribution in [3.05, 3.63) is 22.9 Å². The molecule has 0 aromatic carbocycles. The van der Waals surface area contributed by atoms with Crippen LogP contribution < -0.4 is 10.6 Å². The molecule has 0 saturated carbocycles. The van der Waals surface area contributed by atoms with E-state index in [0.717, 1.165) is 29.2 Å². The lowest BCUT2D eigenvalue weighted by atomic mass is 10.1. The third-order valence-corrected chi connectivity index (χ3v) is 3.67. The maximum absolute atomic E-state index is 5.92. The van der Waals surface area contributed by atoms with Gasteiger partial charge in [0.1, 0.15) is 10.8 Å². The van der Waals surface area contributed by atoms with Gasteiger partial charge in [0.2, 0.25) is 0 Å². The fourth-order valence-corrected chi connectivity index (χ4v) is 2.72. The quantitative estimate of drug-likeness (QED) is 0.614. The molecule has 0 radical (unpaired) electrons. The predicted molar refractivity (Wildman–Crippen MR) is 91.6 cm³/mol. The molecule has 1 heterocycles. The Morgan fingerprint density at radius 1 is 1.35 bits per heavy atom. The van der Waals surface area contributed by atoms with Crippen molar-refractivity contribution in [2.24, 2.45) is 5.73 Å². The van der Waals surface area contributed by atoms with Crippen LogP contribution in [0, 0.1) is 13.8 Å². The van der Waals surface area contributed by atoms with Crippen molar-refractivity contribution >= 4 is 23.0 Å². The molecule has 20 heavy (non-hydrogen) atoms. The lowest BCUT2D eigenvalue weighted by Gasteiger charge is -2.30. The van der Waals surface area contributed by atoms with Crippen LogP contribution in [0.2, 0.25) is 0 Å². The van der Waals surface area contributed by atoms with Crippen LogP contribution in [-0.4, -0.2) is 22.6 Å². The first kappa shape index (κ1) is 16.9. The molecule has 1 aromatic rings. The summed E-state index contributed by atoms with van der Waals surface area (Å²) >= 11 is 5.23. The summed E-state index contributed by atoms with van der Waals surface area (Å²) in [6, 6.07) is 2.43. The smallest absolute Gasteiger partial charge is 0.139 e. The lowest BCUT2D eigenvalue weighted by molar-refractivity contribution is 0.618. The molecule has 4 heteroatoms. The fraction of sp³-hybridized carbons (Fsp3) is 0.625. The van der Waals surface area contributed by atoms with E-state index >= 15 is 0 Å². The summed E-state index contributed by atoms with van der Waals surface area (Å²) in [4.78, 5) is 7.47. The number of rotatable bonds is 7. The van der Waals surface area contributed by atoms with Gasteiger partial charge in [-0.25, -0.2) is 4.98 Å². The van der Waals surface area contributed by atoms with E-state index in [4.69, 9.17) is 22.9 Å². The van der Waals surface area contributed by atoms with Gasteiger partial charge in [0.15, 0.2) is 0 Å². The molecular formula is C16H27N3S. The van der Waals surface area contributed by atoms with Crippen LogP contribution in [0.15, 0.2) is 6.07 Å². The molecule has 0 bridgehead atoms. The molecule has 0 amide bonds. The van der Waals surface area contributed by atoms with Crippen LogP contribution >= 0.6 is 12.2 Å². The van der Waals surface area contributed by atoms with E-state index in [2.05, 4.69) is 32.6 Å². The van der Waals surface area contributed by atoms with Crippen LogP contribution in [0.1, 0.15) is 56.9 Å². The van der Waals surface area contributed by atoms with Crippen molar-refractivity contribution in [3.63, 3.8) is 0 Å². The summed E-state index contributed by atoms with van der Waals surface area (Å²) < 4.78 is 0. The van der Waals surface area contributed by atoms with E-state index in [9.17, 15) is 0 Å². The average Bonchev–Trinajstić information content (AvgIpc) is 2.32. The number of nitrogens with zero attached hydrogens (tertiary/aromatic N) is 2. The van der Waals surface area contributed by atoms with Gasteiger partial charge >= 0.3 is 0 Å². The van der Waals surface area contributed by atoms with Gasteiger partial charge in [0.25, 0.3) is 0 Å². The summed E-state index contributed by atoms with van der Waals surface area (Å²) in [6.45, 7) is 11.7. The minimum absolute atomic E-state index is 0.383. The van der Waals surface area contributed by atoms with Crippen LogP contribution in [-0.2, 0) is 0 Å². The lowest BCUT2D eigenvalue weighted by Crippen LogP contribution is -2.35. The van der Waals surface area contributed by atoms with Crippen molar-refractivity contribution in [2.45, 2.75) is 59.9 Å². The number of thiocarbonyl (C=S) groups is 1. The van der Waals surface area contributed by atoms with Gasteiger partial charge in [0, 0.05) is 18.3 Å². The number of pyridine rings is 1. The van der Waals surface area contributed by atoms with E-state index in [-0.39, 0.29) is 0 Å². The molecule has 0 spiro atoms. The molecule has 2 N–H and O–H groups in total. The first-order valence-electron chi connectivity index (χ1n) is 7.43. The van der Waals surface area contributed by atoms with Gasteiger partial charge in [-0.3, -0.25) is 0 Å². The number of nitrogens with two attached hydrogens (primary N) is 1. The topological polar surface area (TPSA) is 42.2 Å². The molecular weight excluding hydrogens is 266 g/mol. The number of aromatic nitrogens is 1. The van der Waals surface area contributed by atoms with Gasteiger partial charge in [-0.2, -0.15) is 0 Å². The second-order valence-electron chi connectivity index (χ2n) is 5.64. The van der Waals surface area contributed by atoms with Gasteiger partial charge in [-0.05, 0) is 45.7 Å². The van der Waals surface area contributed by atoms with Gasteiger partial charge in [-0.15, -0.1) is 0 Å². The second-order valence-corrected chi connectivity index (χ2v) is 6.08. The Bertz CT molecular complexity index is 469. The van der Waals surface area contributed by atoms with Crippen LogP contribution in [0.4, 0.5) is 5.82 Å². The molecule has 0 aliphatic rings. The molecule has 0 aliphatic heterocycles. The Hall–Kier alpha value is -1.16. The second kappa shape index (κ2) is 7.58. The highest BCUT2D eigenvalue weighted by Gasteiger charge is 2.19. The predicted octanol–water partition coefficient (Wildman–Crippen LogP) is 3.74. The first-order chi connectivity index (χ1) is 9.38. The van der Waals surface area contributed by atoms with Crippen molar-refractivity contribution in [2.75, 3.05) is 11.4 Å². The van der Waals surface area contributed by atoms with Crippen molar-refractivity contribution < 1.29 is 0 Å². The van der Waals surface area contributed by atoms with Gasteiger partial charge in [-0.1, -0.05) is 32.0 Å². The Labute approximate surface area is 128 Å². The first-order valence-corrected chi connectivity index (χ1v) is 7.84. The van der Waals surface area contributed by atoms with Gasteiger partial charge < -0.3 is 10.6 Å². The molecule has 0 fully saturated rings. The minimum Gasteiger partial charge on any atom is -0.389 e. The van der Waals surface area contributed by atoms with E-state index in [0.29, 0.717) is 11.0 Å². The number of anilines is 1. The van der Waals surface area contributed by atoms with Crippen LogP contribution in [0.25, 0.3) is 0 Å². The highest BCUT2D eigenvalue weighted by atomic mass is 32.1. The van der Waals surface area contributed by atoms with Crippen LogP contribution in [0.5, 0.6) is 0 Å². The maximum atomic E-state index is 5.92. The SMILES string of the molecule is CCCCCN(c1nc(C)cc(C)c1C(N)=S)C(C)C. The molecule has 0 unspecified atom stereocenters. The van der Waals surface area contributed by atoms with Crippen molar-refractivity contribution in [3.8, 4) is 0 Å². The zero-order valence-electron chi connectivity index (χ0n) is 13.4. The summed E-state index contributed by atoms with van der Waals surface area (Å²) in [7, 11) is 0. The fourth-order valence-electron chi connectivity index (χ4n) is 2.47. The summed E-state index contributed by atoms with van der Waals surface area (Å²) in [6.07, 6.45) is 3.62. The number of aryl methyl sites for hydroxylation is 2. The normalized spacial score (nSPS) is 10.9. The standard InChI is InChI=1S/C16H27N3S/c1-6-7-8-9-19(11(2)3)16-14(15(17)20)12(4)10-13(5)18-16/h10-11H,6-9H2,1-5H3,(H2,17,20). The Morgan fingerprint density at radius 2 is 2.00 bits per heavy atom. The third kappa shape index (κ3) is 4.17. The van der Waals surface area contributed by atoms with Gasteiger partial charge in [0.05, 0.1) is 5.56 Å². The Balaban J connectivity index is 3.21. The van der Waals surface area contributed by atoms with E-state index in [1.807, 2.05) is 13.0 Å². The molecule has 1 rings (SSSR count). The molecule has 112 valence electrons. The van der Waals surface area contributed by atoms with E-state index < -0.39 is 0 Å². The number of hydrogen-bond donors (Lipinski definition) is 1. The van der Waals surface area contributed by atoms with Crippen molar-refractivity contribution in [1.82, 2.24) is 4.98 Å². The zero-order valence-corrected chi connectivity index (χ0v) is 14.2. The van der Waals surface area contributed by atoms with Crippen LogP contribution in [0.3, 0.4) is 0 Å². The summed E-state index contributed by atoms with van der Waals surface area (Å²) in [5.41, 5.74) is 8.97. The maximum Gasteiger partial charge on any atom is 0.139 e. The van der Waals surface area contributed by atoms with Crippen molar-refractivity contribution in [1.29, 1.82) is 0 Å². The average molecular weight is 293 g/mol. The van der Waals surface area contributed by atoms with E-state index in [1.54, 1.807) is 0 Å². The summed E-state index contributed by atoms with van der Waals surface area (Å²) in [5.74, 6) is 0.945.